The van der Waals surface area contributed by atoms with Crippen molar-refractivity contribution in [3.8, 4) is 5.75 Å². The van der Waals surface area contributed by atoms with Gasteiger partial charge in [0.1, 0.15) is 0 Å². The summed E-state index contributed by atoms with van der Waals surface area (Å²) in [6.07, 6.45) is 3.65. The number of aliphatic imine (C=N–C) groups is 1. The maximum absolute atomic E-state index is 5.45. The van der Waals surface area contributed by atoms with Crippen molar-refractivity contribution >= 4 is 23.7 Å². The lowest BCUT2D eigenvalue weighted by atomic mass is 10.1. The Morgan fingerprint density at radius 1 is 1.35 bits per heavy atom. The number of hydrogen-bond acceptors (Lipinski definition) is 7. The van der Waals surface area contributed by atoms with Gasteiger partial charge in [-0.1, -0.05) is 13.0 Å². The number of anilines is 3. The van der Waals surface area contributed by atoms with Gasteiger partial charge in [0.2, 0.25) is 5.95 Å². The Morgan fingerprint density at radius 3 is 3.15 bits per heavy atom. The number of rotatable bonds is 4. The second-order valence-electron chi connectivity index (χ2n) is 6.85. The molecular formula is C19H24N6O. The highest BCUT2D eigenvalue weighted by Gasteiger charge is 2.19. The lowest BCUT2D eigenvalue weighted by Crippen LogP contribution is -2.31. The summed E-state index contributed by atoms with van der Waals surface area (Å²) in [6.45, 7) is 6.79. The monoisotopic (exact) mass is 352 g/mol. The molecule has 26 heavy (non-hydrogen) atoms. The molecule has 0 amide bonds. The Bertz CT molecular complexity index is 822. The first-order valence-corrected chi connectivity index (χ1v) is 8.99. The number of aromatic nitrogens is 2. The Balaban J connectivity index is 1.61. The van der Waals surface area contributed by atoms with E-state index in [9.17, 15) is 0 Å². The van der Waals surface area contributed by atoms with E-state index in [1.807, 2.05) is 12.3 Å². The van der Waals surface area contributed by atoms with Gasteiger partial charge in [-0.3, -0.25) is 4.99 Å². The van der Waals surface area contributed by atoms with Gasteiger partial charge in [-0.25, -0.2) is 4.98 Å². The molecule has 2 N–H and O–H groups in total. The summed E-state index contributed by atoms with van der Waals surface area (Å²) in [5, 5.41) is 6.83. The van der Waals surface area contributed by atoms with Crippen LogP contribution in [0.4, 0.5) is 17.5 Å². The largest absolute Gasteiger partial charge is 0.491 e. The number of nitrogens with one attached hydrogen (secondary N) is 2. The van der Waals surface area contributed by atoms with Gasteiger partial charge in [-0.2, -0.15) is 4.98 Å². The summed E-state index contributed by atoms with van der Waals surface area (Å²) in [4.78, 5) is 15.8. The third-order valence-corrected chi connectivity index (χ3v) is 4.73. The fraction of sp³-hybridized carbons (Fsp3) is 0.421. The van der Waals surface area contributed by atoms with Gasteiger partial charge in [0.15, 0.2) is 11.6 Å². The predicted octanol–water partition coefficient (Wildman–Crippen LogP) is 2.21. The lowest BCUT2D eigenvalue weighted by molar-refractivity contribution is 0.413. The number of nitrogens with zero attached hydrogens (tertiary/aromatic N) is 4. The van der Waals surface area contributed by atoms with Gasteiger partial charge in [0, 0.05) is 31.5 Å². The van der Waals surface area contributed by atoms with Gasteiger partial charge in [0.05, 0.1) is 19.9 Å². The summed E-state index contributed by atoms with van der Waals surface area (Å²) in [5.74, 6) is 2.59. The minimum atomic E-state index is 0.551. The zero-order chi connectivity index (χ0) is 17.9. The summed E-state index contributed by atoms with van der Waals surface area (Å²) in [6, 6.07) is 6.24. The lowest BCUT2D eigenvalue weighted by Gasteiger charge is -2.23. The molecule has 7 nitrogen and oxygen atoms in total. The van der Waals surface area contributed by atoms with Crippen molar-refractivity contribution in [2.24, 2.45) is 10.9 Å². The standard InChI is InChI=1S/C19H24N6O/c1-13-8-20-5-6-25(12-13)19-22-11-17(26-2)18(24-19)23-16-4-3-14-9-21-10-15(14)7-16/h3-4,7,10-11,13,20H,5-6,8-9,12H2,1-2H3,(H,22,23,24). The topological polar surface area (TPSA) is 74.7 Å². The Kier molecular flexibility index (Phi) is 4.71. The van der Waals surface area contributed by atoms with Crippen molar-refractivity contribution in [2.45, 2.75) is 13.5 Å². The number of ether oxygens (including phenoxy) is 1. The first kappa shape index (κ1) is 16.8. The van der Waals surface area contributed by atoms with Crippen molar-refractivity contribution in [3.05, 3.63) is 35.5 Å². The SMILES string of the molecule is COc1cnc(N2CCNCC(C)C2)nc1Nc1ccc2c(c1)C=NC2. The number of benzene rings is 1. The van der Waals surface area contributed by atoms with E-state index in [0.29, 0.717) is 17.5 Å². The third kappa shape index (κ3) is 3.48. The van der Waals surface area contributed by atoms with Gasteiger partial charge < -0.3 is 20.3 Å². The molecule has 4 rings (SSSR count). The van der Waals surface area contributed by atoms with Crippen LogP contribution in [-0.4, -0.2) is 49.5 Å². The van der Waals surface area contributed by atoms with Crippen LogP contribution < -0.4 is 20.3 Å². The first-order chi connectivity index (χ1) is 12.7. The van der Waals surface area contributed by atoms with Crippen LogP contribution in [0.15, 0.2) is 29.4 Å². The zero-order valence-electron chi connectivity index (χ0n) is 15.2. The molecule has 136 valence electrons. The second kappa shape index (κ2) is 7.29. The minimum absolute atomic E-state index is 0.551. The molecule has 1 atom stereocenters. The van der Waals surface area contributed by atoms with Crippen LogP contribution in [0.5, 0.6) is 5.75 Å². The molecule has 1 aromatic carbocycles. The molecule has 1 fully saturated rings. The van der Waals surface area contributed by atoms with E-state index in [1.165, 1.54) is 5.56 Å². The molecule has 0 bridgehead atoms. The smallest absolute Gasteiger partial charge is 0.227 e. The molecule has 2 aliphatic heterocycles. The number of fused-ring (bicyclic) bond motifs is 1. The van der Waals surface area contributed by atoms with Crippen LogP contribution >= 0.6 is 0 Å². The Morgan fingerprint density at radius 2 is 2.27 bits per heavy atom. The molecular weight excluding hydrogens is 328 g/mol. The average Bonchev–Trinajstić information content (AvgIpc) is 3.01. The molecule has 0 saturated carbocycles. The average molecular weight is 352 g/mol. The molecule has 2 aromatic rings. The molecule has 1 aromatic heterocycles. The van der Waals surface area contributed by atoms with Crippen LogP contribution in [0.1, 0.15) is 18.1 Å². The maximum atomic E-state index is 5.45. The third-order valence-electron chi connectivity index (χ3n) is 4.73. The minimum Gasteiger partial charge on any atom is -0.491 e. The molecule has 1 unspecified atom stereocenters. The van der Waals surface area contributed by atoms with Crippen LogP contribution in [0.3, 0.4) is 0 Å². The van der Waals surface area contributed by atoms with E-state index in [4.69, 9.17) is 9.72 Å². The number of hydrogen-bond donors (Lipinski definition) is 2. The van der Waals surface area contributed by atoms with Crippen molar-refractivity contribution in [2.75, 3.05) is 43.5 Å². The summed E-state index contributed by atoms with van der Waals surface area (Å²) in [5.41, 5.74) is 3.36. The Hall–Kier alpha value is -2.67. The fourth-order valence-electron chi connectivity index (χ4n) is 3.34. The fourth-order valence-corrected chi connectivity index (χ4v) is 3.34. The highest BCUT2D eigenvalue weighted by Crippen LogP contribution is 2.28. The van der Waals surface area contributed by atoms with Gasteiger partial charge >= 0.3 is 0 Å². The van der Waals surface area contributed by atoms with Crippen molar-refractivity contribution in [3.63, 3.8) is 0 Å². The maximum Gasteiger partial charge on any atom is 0.227 e. The van der Waals surface area contributed by atoms with Crippen molar-refractivity contribution < 1.29 is 4.74 Å². The predicted molar refractivity (Wildman–Crippen MR) is 104 cm³/mol. The van der Waals surface area contributed by atoms with Crippen molar-refractivity contribution in [1.82, 2.24) is 15.3 Å². The highest BCUT2D eigenvalue weighted by molar-refractivity contribution is 5.86. The van der Waals surface area contributed by atoms with Crippen LogP contribution in [0.25, 0.3) is 0 Å². The summed E-state index contributed by atoms with van der Waals surface area (Å²) >= 11 is 0. The molecule has 0 spiro atoms. The van der Waals surface area contributed by atoms with E-state index in [0.717, 1.165) is 49.9 Å². The van der Waals surface area contributed by atoms with Crippen molar-refractivity contribution in [1.29, 1.82) is 0 Å². The number of methoxy groups -OCH3 is 1. The first-order valence-electron chi connectivity index (χ1n) is 8.99. The summed E-state index contributed by atoms with van der Waals surface area (Å²) in [7, 11) is 1.64. The Labute approximate surface area is 153 Å². The molecule has 0 radical (unpaired) electrons. The normalized spacial score (nSPS) is 19.2. The molecule has 0 aliphatic carbocycles. The van der Waals surface area contributed by atoms with E-state index >= 15 is 0 Å². The molecule has 2 aliphatic rings. The quantitative estimate of drug-likeness (QED) is 0.879. The van der Waals surface area contributed by atoms with E-state index in [1.54, 1.807) is 13.3 Å². The van der Waals surface area contributed by atoms with Gasteiger partial charge in [0.25, 0.3) is 0 Å². The van der Waals surface area contributed by atoms with E-state index < -0.39 is 0 Å². The van der Waals surface area contributed by atoms with Crippen LogP contribution in [0.2, 0.25) is 0 Å². The van der Waals surface area contributed by atoms with Crippen LogP contribution in [0, 0.1) is 5.92 Å². The van der Waals surface area contributed by atoms with Gasteiger partial charge in [-0.15, -0.1) is 0 Å². The molecule has 3 heterocycles. The zero-order valence-corrected chi connectivity index (χ0v) is 15.2. The van der Waals surface area contributed by atoms with E-state index in [2.05, 4.69) is 44.6 Å². The van der Waals surface area contributed by atoms with Crippen LogP contribution in [-0.2, 0) is 6.54 Å². The molecule has 7 heteroatoms. The summed E-state index contributed by atoms with van der Waals surface area (Å²) < 4.78 is 5.45. The van der Waals surface area contributed by atoms with E-state index in [-0.39, 0.29) is 0 Å². The molecule has 1 saturated heterocycles. The highest BCUT2D eigenvalue weighted by atomic mass is 16.5. The second-order valence-corrected chi connectivity index (χ2v) is 6.85. The van der Waals surface area contributed by atoms with Gasteiger partial charge in [-0.05, 0) is 35.7 Å².